The number of likely N-dealkylation sites (N-methyl/N-ethyl adjacent to an activating group) is 1. The van der Waals surface area contributed by atoms with Crippen molar-refractivity contribution in [3.05, 3.63) is 0 Å². The Morgan fingerprint density at radius 1 is 1.27 bits per heavy atom. The van der Waals surface area contributed by atoms with Crippen LogP contribution in [0.5, 0.6) is 0 Å². The summed E-state index contributed by atoms with van der Waals surface area (Å²) in [4.78, 5) is 13.5. The van der Waals surface area contributed by atoms with E-state index in [0.29, 0.717) is 25.8 Å². The minimum absolute atomic E-state index is 0.499. The highest BCUT2D eigenvalue weighted by molar-refractivity contribution is 5.77. The van der Waals surface area contributed by atoms with Crippen LogP contribution in [0.4, 0.5) is 0 Å². The van der Waals surface area contributed by atoms with Crippen molar-refractivity contribution in [3.8, 4) is 0 Å². The molecule has 1 unspecified atom stereocenters. The summed E-state index contributed by atoms with van der Waals surface area (Å²) >= 11 is 0. The quantitative estimate of drug-likeness (QED) is 0.709. The molecule has 2 aliphatic rings. The largest absolute Gasteiger partial charge is 0.481 e. The number of rotatable bonds is 2. The first-order valence-corrected chi connectivity index (χ1v) is 5.65. The van der Waals surface area contributed by atoms with Gasteiger partial charge in [0.1, 0.15) is 0 Å². The number of hydrogen-bond donors (Lipinski definition) is 2. The number of aliphatic hydroxyl groups is 1. The van der Waals surface area contributed by atoms with E-state index < -0.39 is 17.0 Å². The van der Waals surface area contributed by atoms with Crippen LogP contribution in [-0.2, 0) is 4.79 Å². The van der Waals surface area contributed by atoms with E-state index in [1.165, 1.54) is 0 Å². The fraction of sp³-hybridized carbons (Fsp3) is 0.909. The van der Waals surface area contributed by atoms with Crippen molar-refractivity contribution in [2.45, 2.75) is 37.7 Å². The Kier molecular flexibility index (Phi) is 2.51. The Bertz CT molecular complexity index is 273. The lowest BCUT2D eigenvalue weighted by Gasteiger charge is -2.39. The minimum atomic E-state index is -1.01. The monoisotopic (exact) mass is 213 g/mol. The van der Waals surface area contributed by atoms with E-state index in [4.69, 9.17) is 0 Å². The molecule has 1 aliphatic carbocycles. The zero-order valence-corrected chi connectivity index (χ0v) is 9.20. The molecule has 0 aromatic rings. The van der Waals surface area contributed by atoms with Crippen molar-refractivity contribution in [3.63, 3.8) is 0 Å². The van der Waals surface area contributed by atoms with Crippen LogP contribution in [0.2, 0.25) is 0 Å². The van der Waals surface area contributed by atoms with Gasteiger partial charge in [-0.25, -0.2) is 0 Å². The van der Waals surface area contributed by atoms with Crippen LogP contribution in [0, 0.1) is 5.41 Å². The zero-order valence-electron chi connectivity index (χ0n) is 9.20. The molecule has 1 aliphatic heterocycles. The molecule has 4 nitrogen and oxygen atoms in total. The van der Waals surface area contributed by atoms with Gasteiger partial charge in [0.05, 0.1) is 11.0 Å². The molecule has 0 spiro atoms. The second kappa shape index (κ2) is 3.46. The molecule has 2 rings (SSSR count). The molecule has 0 amide bonds. The fourth-order valence-corrected chi connectivity index (χ4v) is 3.23. The number of carbonyl (C=O) groups is 1. The van der Waals surface area contributed by atoms with Gasteiger partial charge in [0.15, 0.2) is 0 Å². The van der Waals surface area contributed by atoms with Gasteiger partial charge in [-0.2, -0.15) is 0 Å². The Hall–Kier alpha value is -0.610. The third-order valence-corrected chi connectivity index (χ3v) is 4.20. The minimum Gasteiger partial charge on any atom is -0.481 e. The molecule has 0 aromatic heterocycles. The third-order valence-electron chi connectivity index (χ3n) is 4.20. The van der Waals surface area contributed by atoms with E-state index in [1.807, 2.05) is 11.9 Å². The van der Waals surface area contributed by atoms with E-state index in [0.717, 1.165) is 19.4 Å². The molecular weight excluding hydrogens is 194 g/mol. The third kappa shape index (κ3) is 1.47. The summed E-state index contributed by atoms with van der Waals surface area (Å²) in [6, 6.07) is 0. The highest BCUT2D eigenvalue weighted by atomic mass is 16.4. The van der Waals surface area contributed by atoms with Crippen LogP contribution in [0.1, 0.15) is 32.1 Å². The van der Waals surface area contributed by atoms with Gasteiger partial charge in [-0.3, -0.25) is 4.79 Å². The van der Waals surface area contributed by atoms with Gasteiger partial charge in [0, 0.05) is 13.1 Å². The number of β-amino-alcohol motifs (C(OH)–C–C–N with tert-alkyl or cyclic N) is 1. The first-order chi connectivity index (χ1) is 7.00. The van der Waals surface area contributed by atoms with Crippen LogP contribution >= 0.6 is 0 Å². The van der Waals surface area contributed by atoms with Crippen molar-refractivity contribution >= 4 is 5.97 Å². The lowest BCUT2D eigenvalue weighted by Crippen LogP contribution is -2.53. The molecule has 15 heavy (non-hydrogen) atoms. The summed E-state index contributed by atoms with van der Waals surface area (Å²) in [5.41, 5.74) is -1.89. The van der Waals surface area contributed by atoms with Crippen LogP contribution in [-0.4, -0.2) is 46.8 Å². The van der Waals surface area contributed by atoms with E-state index in [1.54, 1.807) is 0 Å². The standard InChI is InChI=1S/C11H19NO3/c1-12-7-6-11(15,8-12)10(9(13)14)4-2-3-5-10/h15H,2-8H2,1H3,(H,13,14). The van der Waals surface area contributed by atoms with Gasteiger partial charge in [-0.05, 0) is 26.3 Å². The summed E-state index contributed by atoms with van der Waals surface area (Å²) in [7, 11) is 1.93. The number of hydrogen-bond acceptors (Lipinski definition) is 3. The Balaban J connectivity index is 2.29. The fourth-order valence-electron chi connectivity index (χ4n) is 3.23. The van der Waals surface area contributed by atoms with Crippen molar-refractivity contribution in [2.24, 2.45) is 5.41 Å². The lowest BCUT2D eigenvalue weighted by atomic mass is 9.69. The van der Waals surface area contributed by atoms with Gasteiger partial charge >= 0.3 is 5.97 Å². The molecule has 0 bridgehead atoms. The van der Waals surface area contributed by atoms with E-state index in [9.17, 15) is 15.0 Å². The number of carboxylic acids is 1. The van der Waals surface area contributed by atoms with E-state index in [-0.39, 0.29) is 0 Å². The lowest BCUT2D eigenvalue weighted by molar-refractivity contribution is -0.167. The molecule has 86 valence electrons. The highest BCUT2D eigenvalue weighted by Gasteiger charge is 2.58. The number of nitrogens with zero attached hydrogens (tertiary/aromatic N) is 1. The number of carboxylic acid groups (broad SMARTS) is 1. The van der Waals surface area contributed by atoms with Gasteiger partial charge in [-0.1, -0.05) is 12.8 Å². The van der Waals surface area contributed by atoms with Crippen molar-refractivity contribution in [1.82, 2.24) is 4.90 Å². The number of likely N-dealkylation sites (tertiary alicyclic amines) is 1. The smallest absolute Gasteiger partial charge is 0.312 e. The van der Waals surface area contributed by atoms with Gasteiger partial charge in [-0.15, -0.1) is 0 Å². The molecule has 4 heteroatoms. The van der Waals surface area contributed by atoms with Crippen molar-refractivity contribution in [2.75, 3.05) is 20.1 Å². The van der Waals surface area contributed by atoms with Gasteiger partial charge < -0.3 is 15.1 Å². The maximum atomic E-state index is 11.4. The predicted molar refractivity (Wildman–Crippen MR) is 55.6 cm³/mol. The normalized spacial score (nSPS) is 35.9. The topological polar surface area (TPSA) is 60.8 Å². The second-order valence-electron chi connectivity index (χ2n) is 5.11. The summed E-state index contributed by atoms with van der Waals surface area (Å²) in [6.45, 7) is 1.30. The van der Waals surface area contributed by atoms with Crippen LogP contribution < -0.4 is 0 Å². The van der Waals surface area contributed by atoms with Gasteiger partial charge in [0.25, 0.3) is 0 Å². The van der Waals surface area contributed by atoms with E-state index in [2.05, 4.69) is 0 Å². The Morgan fingerprint density at radius 3 is 2.27 bits per heavy atom. The first kappa shape index (κ1) is 10.9. The summed E-state index contributed by atoms with van der Waals surface area (Å²) in [6.07, 6.45) is 3.71. The number of aliphatic carboxylic acids is 1. The molecule has 2 fully saturated rings. The Labute approximate surface area is 89.9 Å². The molecule has 1 atom stereocenters. The van der Waals surface area contributed by atoms with Crippen LogP contribution in [0.15, 0.2) is 0 Å². The average molecular weight is 213 g/mol. The second-order valence-corrected chi connectivity index (χ2v) is 5.11. The Morgan fingerprint density at radius 2 is 1.87 bits per heavy atom. The molecule has 1 heterocycles. The van der Waals surface area contributed by atoms with Crippen molar-refractivity contribution < 1.29 is 15.0 Å². The molecule has 0 aromatic carbocycles. The summed E-state index contributed by atoms with van der Waals surface area (Å²) in [5.74, 6) is -0.808. The average Bonchev–Trinajstić information content (AvgIpc) is 2.74. The molecule has 0 radical (unpaired) electrons. The van der Waals surface area contributed by atoms with E-state index >= 15 is 0 Å². The summed E-state index contributed by atoms with van der Waals surface area (Å²) < 4.78 is 0. The SMILES string of the molecule is CN1CCC(O)(C2(C(=O)O)CCCC2)C1. The molecule has 2 N–H and O–H groups in total. The van der Waals surface area contributed by atoms with Crippen LogP contribution in [0.3, 0.4) is 0 Å². The molecule has 1 saturated heterocycles. The van der Waals surface area contributed by atoms with Crippen molar-refractivity contribution in [1.29, 1.82) is 0 Å². The maximum Gasteiger partial charge on any atom is 0.312 e. The predicted octanol–water partition coefficient (Wildman–Crippen LogP) is 0.698. The van der Waals surface area contributed by atoms with Crippen LogP contribution in [0.25, 0.3) is 0 Å². The first-order valence-electron chi connectivity index (χ1n) is 5.65. The summed E-state index contributed by atoms with van der Waals surface area (Å²) in [5, 5.41) is 20.0. The highest BCUT2D eigenvalue weighted by Crippen LogP contribution is 2.50. The zero-order chi connectivity index (χ0) is 11.1. The molecule has 1 saturated carbocycles. The van der Waals surface area contributed by atoms with Gasteiger partial charge in [0.2, 0.25) is 0 Å². The molecular formula is C11H19NO3. The maximum absolute atomic E-state index is 11.4.